The molecule has 1 heterocycles. The first-order valence-corrected chi connectivity index (χ1v) is 11.4. The van der Waals surface area contributed by atoms with Crippen LogP contribution in [0.5, 0.6) is 0 Å². The average molecular weight is 391 g/mol. The molecular weight excluding hydrogens is 356 g/mol. The molecule has 0 bridgehead atoms. The van der Waals surface area contributed by atoms with E-state index in [4.69, 9.17) is 0 Å². The van der Waals surface area contributed by atoms with Gasteiger partial charge in [0.1, 0.15) is 0 Å². The van der Waals surface area contributed by atoms with Crippen molar-refractivity contribution in [2.45, 2.75) is 82.6 Å². The van der Waals surface area contributed by atoms with Crippen LogP contribution in [0.1, 0.15) is 72.6 Å². The Bertz CT molecular complexity index is 900. The van der Waals surface area contributed by atoms with Crippen LogP contribution in [0.25, 0.3) is 0 Å². The van der Waals surface area contributed by atoms with Gasteiger partial charge in [0, 0.05) is 23.6 Å². The molecule has 0 unspecified atom stereocenters. The summed E-state index contributed by atoms with van der Waals surface area (Å²) in [6.45, 7) is 15.2. The van der Waals surface area contributed by atoms with Gasteiger partial charge in [-0.15, -0.1) is 0 Å². The Hall–Kier alpha value is -1.62. The maximum Gasteiger partial charge on any atom is 0.175 e. The summed E-state index contributed by atoms with van der Waals surface area (Å²) in [6, 6.07) is 9.45. The van der Waals surface area contributed by atoms with Crippen molar-refractivity contribution >= 4 is 9.84 Å². The number of sulfone groups is 1. The fraction of sp³-hybridized carbons (Fsp3) is 0.591. The monoisotopic (exact) mass is 390 g/mol. The Balaban J connectivity index is 2.32. The van der Waals surface area contributed by atoms with Crippen LogP contribution in [0.2, 0.25) is 0 Å². The fourth-order valence-electron chi connectivity index (χ4n) is 3.56. The van der Waals surface area contributed by atoms with Gasteiger partial charge >= 0.3 is 0 Å². The summed E-state index contributed by atoms with van der Waals surface area (Å²) in [5, 5.41) is 4.61. The molecule has 0 aliphatic carbocycles. The van der Waals surface area contributed by atoms with Gasteiger partial charge in [-0.1, -0.05) is 52.8 Å². The third kappa shape index (κ3) is 4.81. The van der Waals surface area contributed by atoms with E-state index in [1.165, 1.54) is 11.9 Å². The molecule has 0 spiro atoms. The second-order valence-corrected chi connectivity index (χ2v) is 11.8. The van der Waals surface area contributed by atoms with Crippen LogP contribution >= 0.6 is 0 Å². The Morgan fingerprint density at radius 2 is 1.52 bits per heavy atom. The highest BCUT2D eigenvalue weighted by molar-refractivity contribution is 7.90. The predicted octanol–water partition coefficient (Wildman–Crippen LogP) is 5.08. The minimum atomic E-state index is -3.26. The quantitative estimate of drug-likeness (QED) is 0.691. The van der Waals surface area contributed by atoms with Crippen LogP contribution in [0.3, 0.4) is 0 Å². The zero-order valence-electron chi connectivity index (χ0n) is 18.0. The van der Waals surface area contributed by atoms with Crippen molar-refractivity contribution in [3.05, 3.63) is 47.8 Å². The number of rotatable bonds is 6. The second-order valence-electron chi connectivity index (χ2n) is 9.84. The standard InChI is InChI=1S/C22H34N2O2S/c1-20(2,3)19-13-16-23-24(19)22(6,7)15-14-21(4,5)17-11-9-10-12-18(17)27(8,25)26/h9-13,16H,14-15H2,1-8H3. The number of nitrogens with zero attached hydrogens (tertiary/aromatic N) is 2. The van der Waals surface area contributed by atoms with Crippen LogP contribution in [0, 0.1) is 0 Å². The summed E-state index contributed by atoms with van der Waals surface area (Å²) in [6.07, 6.45) is 4.90. The molecule has 4 nitrogen and oxygen atoms in total. The molecule has 1 aromatic carbocycles. The van der Waals surface area contributed by atoms with Gasteiger partial charge in [0.25, 0.3) is 0 Å². The van der Waals surface area contributed by atoms with Gasteiger partial charge in [0.2, 0.25) is 0 Å². The van der Waals surface area contributed by atoms with Crippen LogP contribution in [-0.4, -0.2) is 24.5 Å². The van der Waals surface area contributed by atoms with Crippen LogP contribution in [0.4, 0.5) is 0 Å². The van der Waals surface area contributed by atoms with E-state index in [2.05, 4.69) is 64.3 Å². The van der Waals surface area contributed by atoms with Crippen LogP contribution in [0.15, 0.2) is 41.4 Å². The van der Waals surface area contributed by atoms with E-state index in [1.54, 1.807) is 12.1 Å². The summed E-state index contributed by atoms with van der Waals surface area (Å²) >= 11 is 0. The normalized spacial score (nSPS) is 13.8. The highest BCUT2D eigenvalue weighted by Gasteiger charge is 2.33. The lowest BCUT2D eigenvalue weighted by atomic mass is 9.77. The number of hydrogen-bond acceptors (Lipinski definition) is 3. The largest absolute Gasteiger partial charge is 0.264 e. The molecule has 27 heavy (non-hydrogen) atoms. The number of benzene rings is 1. The predicted molar refractivity (Wildman–Crippen MR) is 112 cm³/mol. The molecule has 0 fully saturated rings. The molecular formula is C22H34N2O2S. The van der Waals surface area contributed by atoms with Crippen molar-refractivity contribution in [1.29, 1.82) is 0 Å². The second kappa shape index (κ2) is 7.08. The lowest BCUT2D eigenvalue weighted by Crippen LogP contribution is -2.34. The van der Waals surface area contributed by atoms with Crippen molar-refractivity contribution < 1.29 is 8.42 Å². The van der Waals surface area contributed by atoms with Gasteiger partial charge in [-0.05, 0) is 49.8 Å². The van der Waals surface area contributed by atoms with Crippen LogP contribution < -0.4 is 0 Å². The van der Waals surface area contributed by atoms with Crippen molar-refractivity contribution in [1.82, 2.24) is 9.78 Å². The van der Waals surface area contributed by atoms with Crippen molar-refractivity contribution in [3.8, 4) is 0 Å². The Morgan fingerprint density at radius 3 is 2.07 bits per heavy atom. The summed E-state index contributed by atoms with van der Waals surface area (Å²) in [4.78, 5) is 0.433. The lowest BCUT2D eigenvalue weighted by molar-refractivity contribution is 0.244. The molecule has 0 saturated carbocycles. The molecule has 1 aromatic heterocycles. The van der Waals surface area contributed by atoms with Gasteiger partial charge in [-0.2, -0.15) is 5.10 Å². The topological polar surface area (TPSA) is 52.0 Å². The van der Waals surface area contributed by atoms with E-state index >= 15 is 0 Å². The van der Waals surface area contributed by atoms with Crippen molar-refractivity contribution in [3.63, 3.8) is 0 Å². The first kappa shape index (κ1) is 21.7. The van der Waals surface area contributed by atoms with Gasteiger partial charge in [-0.3, -0.25) is 4.68 Å². The molecule has 0 aliphatic rings. The fourth-order valence-corrected chi connectivity index (χ4v) is 4.63. The highest BCUT2D eigenvalue weighted by Crippen LogP contribution is 2.37. The molecule has 0 N–H and O–H groups in total. The molecule has 2 aromatic rings. The van der Waals surface area contributed by atoms with E-state index in [1.807, 2.05) is 18.3 Å². The Labute approximate surface area is 164 Å². The SMILES string of the molecule is CC(C)(C)c1ccnn1C(C)(C)CCC(C)(C)c1ccccc1S(C)(=O)=O. The van der Waals surface area contributed by atoms with Gasteiger partial charge in [-0.25, -0.2) is 8.42 Å². The minimum Gasteiger partial charge on any atom is -0.264 e. The third-order valence-corrected chi connectivity index (χ3v) is 6.52. The zero-order valence-corrected chi connectivity index (χ0v) is 18.8. The van der Waals surface area contributed by atoms with E-state index in [0.29, 0.717) is 4.90 Å². The van der Waals surface area contributed by atoms with Gasteiger partial charge < -0.3 is 0 Å². The molecule has 0 saturated heterocycles. The minimum absolute atomic E-state index is 0.0200. The molecule has 0 radical (unpaired) electrons. The average Bonchev–Trinajstić information content (AvgIpc) is 3.03. The van der Waals surface area contributed by atoms with Crippen LogP contribution in [-0.2, 0) is 26.2 Å². The summed E-state index contributed by atoms with van der Waals surface area (Å²) in [5.74, 6) is 0. The van der Waals surface area contributed by atoms with E-state index in [-0.39, 0.29) is 16.4 Å². The third-order valence-electron chi connectivity index (χ3n) is 5.36. The molecule has 150 valence electrons. The highest BCUT2D eigenvalue weighted by atomic mass is 32.2. The van der Waals surface area contributed by atoms with E-state index < -0.39 is 9.84 Å². The molecule has 0 aliphatic heterocycles. The van der Waals surface area contributed by atoms with Crippen molar-refractivity contribution in [2.24, 2.45) is 0 Å². The number of aromatic nitrogens is 2. The smallest absolute Gasteiger partial charge is 0.175 e. The van der Waals surface area contributed by atoms with Crippen molar-refractivity contribution in [2.75, 3.05) is 6.26 Å². The molecule has 2 rings (SSSR count). The zero-order chi connectivity index (χ0) is 20.7. The van der Waals surface area contributed by atoms with Gasteiger partial charge in [0.15, 0.2) is 9.84 Å². The summed E-state index contributed by atoms with van der Waals surface area (Å²) in [5.41, 5.74) is 1.70. The summed E-state index contributed by atoms with van der Waals surface area (Å²) in [7, 11) is -3.26. The Kier molecular flexibility index (Phi) is 5.69. The first-order chi connectivity index (χ1) is 12.2. The first-order valence-electron chi connectivity index (χ1n) is 9.51. The maximum atomic E-state index is 12.2. The summed E-state index contributed by atoms with van der Waals surface area (Å²) < 4.78 is 26.6. The molecule has 5 heteroatoms. The van der Waals surface area contributed by atoms with E-state index in [9.17, 15) is 8.42 Å². The Morgan fingerprint density at radius 1 is 0.926 bits per heavy atom. The molecule has 0 amide bonds. The maximum absolute atomic E-state index is 12.2. The molecule has 0 atom stereocenters. The lowest BCUT2D eigenvalue weighted by Gasteiger charge is -2.35. The van der Waals surface area contributed by atoms with Gasteiger partial charge in [0.05, 0.1) is 10.4 Å². The van der Waals surface area contributed by atoms with E-state index in [0.717, 1.165) is 18.4 Å². The number of hydrogen-bond donors (Lipinski definition) is 0.